The Morgan fingerprint density at radius 3 is 2.31 bits per heavy atom. The van der Waals surface area contributed by atoms with E-state index in [0.717, 1.165) is 63.6 Å². The summed E-state index contributed by atoms with van der Waals surface area (Å²) < 4.78 is 6.40. The molecule has 2 N–H and O–H groups in total. The Morgan fingerprint density at radius 1 is 1.11 bits per heavy atom. The van der Waals surface area contributed by atoms with E-state index in [1.54, 1.807) is 0 Å². The van der Waals surface area contributed by atoms with Gasteiger partial charge in [0, 0.05) is 18.5 Å². The van der Waals surface area contributed by atoms with Crippen molar-refractivity contribution in [3.05, 3.63) is 47.5 Å². The zero-order valence-electron chi connectivity index (χ0n) is 23.6. The fourth-order valence-corrected chi connectivity index (χ4v) is 6.40. The standard InChI is InChI=1S/C30H50N2O3Si/c1-24(23-35-36(5,6)29(2,3)4)13-12-22-32(27-18-20-31-21-19-27)28(33)30(34,26-16-10-11-17-26)25-14-8-7-9-15-25/h7-9,13-15,26-27,31,34H,10-12,16-23H2,1-6H3/b24-13-. The van der Waals surface area contributed by atoms with Crippen LogP contribution in [0.2, 0.25) is 18.1 Å². The maximum atomic E-state index is 14.3. The molecule has 1 aromatic rings. The molecule has 0 aromatic heterocycles. The smallest absolute Gasteiger partial charge is 0.259 e. The van der Waals surface area contributed by atoms with Crippen molar-refractivity contribution < 1.29 is 14.3 Å². The second-order valence-electron chi connectivity index (χ2n) is 12.5. The molecule has 1 aromatic carbocycles. The molecule has 1 aliphatic carbocycles. The van der Waals surface area contributed by atoms with Crippen molar-refractivity contribution in [3.63, 3.8) is 0 Å². The lowest BCUT2D eigenvalue weighted by atomic mass is 9.78. The Hall–Kier alpha value is -1.47. The fourth-order valence-electron chi connectivity index (χ4n) is 5.38. The molecule has 0 spiro atoms. The van der Waals surface area contributed by atoms with Crippen molar-refractivity contribution in [1.29, 1.82) is 0 Å². The highest BCUT2D eigenvalue weighted by Crippen LogP contribution is 2.42. The predicted molar refractivity (Wildman–Crippen MR) is 151 cm³/mol. The van der Waals surface area contributed by atoms with Gasteiger partial charge in [-0.1, -0.05) is 75.6 Å². The van der Waals surface area contributed by atoms with Gasteiger partial charge in [0.05, 0.1) is 6.61 Å². The topological polar surface area (TPSA) is 61.8 Å². The number of aliphatic hydroxyl groups is 1. The normalized spacial score (nSPS) is 20.4. The molecule has 1 aliphatic heterocycles. The summed E-state index contributed by atoms with van der Waals surface area (Å²) in [5.74, 6) is -0.122. The van der Waals surface area contributed by atoms with Crippen LogP contribution in [0.15, 0.2) is 42.0 Å². The van der Waals surface area contributed by atoms with Gasteiger partial charge in [0.1, 0.15) is 0 Å². The van der Waals surface area contributed by atoms with E-state index in [-0.39, 0.29) is 22.9 Å². The number of benzene rings is 1. The van der Waals surface area contributed by atoms with Crippen LogP contribution >= 0.6 is 0 Å². The van der Waals surface area contributed by atoms with Crippen molar-refractivity contribution >= 4 is 14.2 Å². The number of nitrogens with one attached hydrogen (secondary N) is 1. The molecule has 202 valence electrons. The fraction of sp³-hybridized carbons (Fsp3) is 0.700. The van der Waals surface area contributed by atoms with Crippen LogP contribution < -0.4 is 5.32 Å². The van der Waals surface area contributed by atoms with E-state index in [4.69, 9.17) is 4.43 Å². The van der Waals surface area contributed by atoms with Gasteiger partial charge in [-0.3, -0.25) is 4.79 Å². The molecule has 36 heavy (non-hydrogen) atoms. The van der Waals surface area contributed by atoms with Gasteiger partial charge in [-0.05, 0) is 75.8 Å². The lowest BCUT2D eigenvalue weighted by molar-refractivity contribution is -0.162. The Morgan fingerprint density at radius 2 is 1.72 bits per heavy atom. The summed E-state index contributed by atoms with van der Waals surface area (Å²) >= 11 is 0. The van der Waals surface area contributed by atoms with Gasteiger partial charge in [-0.15, -0.1) is 0 Å². The summed E-state index contributed by atoms with van der Waals surface area (Å²) in [5, 5.41) is 15.8. The molecule has 1 saturated heterocycles. The monoisotopic (exact) mass is 514 g/mol. The van der Waals surface area contributed by atoms with Crippen molar-refractivity contribution in [2.24, 2.45) is 5.92 Å². The number of hydrogen-bond acceptors (Lipinski definition) is 4. The molecule has 1 atom stereocenters. The van der Waals surface area contributed by atoms with Crippen LogP contribution in [0.3, 0.4) is 0 Å². The third kappa shape index (κ3) is 6.88. The Labute approximate surface area is 220 Å². The summed E-state index contributed by atoms with van der Waals surface area (Å²) in [4.78, 5) is 16.3. The van der Waals surface area contributed by atoms with Crippen molar-refractivity contribution in [2.45, 2.75) is 102 Å². The van der Waals surface area contributed by atoms with E-state index < -0.39 is 13.9 Å². The third-order valence-corrected chi connectivity index (χ3v) is 13.3. The summed E-state index contributed by atoms with van der Waals surface area (Å²) in [6.45, 7) is 16.6. The minimum Gasteiger partial charge on any atom is -0.413 e. The SMILES string of the molecule is C/C(=C/CCN(C(=O)C(O)(c1ccccc1)C1CCCC1)C1CCNCC1)CO[Si](C)(C)C(C)(C)C. The number of rotatable bonds is 10. The first-order valence-electron chi connectivity index (χ1n) is 14.1. The number of carbonyl (C=O) groups is 1. The number of piperidine rings is 1. The molecule has 1 saturated carbocycles. The quantitative estimate of drug-likeness (QED) is 0.297. The van der Waals surface area contributed by atoms with E-state index in [9.17, 15) is 9.90 Å². The highest BCUT2D eigenvalue weighted by atomic mass is 28.4. The first-order chi connectivity index (χ1) is 17.0. The van der Waals surface area contributed by atoms with E-state index in [1.165, 1.54) is 5.57 Å². The van der Waals surface area contributed by atoms with Crippen molar-refractivity contribution in [3.8, 4) is 0 Å². The molecular formula is C30H50N2O3Si. The number of nitrogens with zero attached hydrogens (tertiary/aromatic N) is 1. The molecule has 2 aliphatic rings. The molecule has 6 heteroatoms. The zero-order valence-corrected chi connectivity index (χ0v) is 24.6. The number of amides is 1. The van der Waals surface area contributed by atoms with Crippen LogP contribution in [0, 0.1) is 5.92 Å². The van der Waals surface area contributed by atoms with Gasteiger partial charge in [0.15, 0.2) is 13.9 Å². The molecule has 3 rings (SSSR count). The minimum absolute atomic E-state index is 0.0214. The van der Waals surface area contributed by atoms with Gasteiger partial charge in [-0.25, -0.2) is 0 Å². The predicted octanol–water partition coefficient (Wildman–Crippen LogP) is 6.00. The molecule has 5 nitrogen and oxygen atoms in total. The van der Waals surface area contributed by atoms with Crippen molar-refractivity contribution in [1.82, 2.24) is 10.2 Å². The molecule has 1 heterocycles. The molecular weight excluding hydrogens is 464 g/mol. The zero-order chi connectivity index (χ0) is 26.4. The van der Waals surface area contributed by atoms with Crippen LogP contribution in [0.5, 0.6) is 0 Å². The number of hydrogen-bond donors (Lipinski definition) is 2. The molecule has 1 unspecified atom stereocenters. The molecule has 0 bridgehead atoms. The van der Waals surface area contributed by atoms with Crippen LogP contribution in [-0.4, -0.2) is 56.5 Å². The average molecular weight is 515 g/mol. The summed E-state index contributed by atoms with van der Waals surface area (Å²) in [5.41, 5.74) is 0.509. The van der Waals surface area contributed by atoms with Gasteiger partial charge in [0.25, 0.3) is 5.91 Å². The Balaban J connectivity index is 1.78. The van der Waals surface area contributed by atoms with Gasteiger partial charge in [-0.2, -0.15) is 0 Å². The van der Waals surface area contributed by atoms with Crippen LogP contribution in [0.25, 0.3) is 0 Å². The number of carbonyl (C=O) groups excluding carboxylic acids is 1. The van der Waals surface area contributed by atoms with E-state index >= 15 is 0 Å². The highest BCUT2D eigenvalue weighted by molar-refractivity contribution is 6.74. The van der Waals surface area contributed by atoms with Crippen molar-refractivity contribution in [2.75, 3.05) is 26.2 Å². The second-order valence-corrected chi connectivity index (χ2v) is 17.3. The largest absolute Gasteiger partial charge is 0.413 e. The summed E-state index contributed by atoms with van der Waals surface area (Å²) in [6, 6.07) is 9.84. The van der Waals surface area contributed by atoms with Gasteiger partial charge in [0.2, 0.25) is 0 Å². The van der Waals surface area contributed by atoms with E-state index in [1.807, 2.05) is 35.2 Å². The molecule has 2 fully saturated rings. The maximum Gasteiger partial charge on any atom is 0.259 e. The highest BCUT2D eigenvalue weighted by Gasteiger charge is 2.49. The Bertz CT molecular complexity index is 868. The van der Waals surface area contributed by atoms with Gasteiger partial charge >= 0.3 is 0 Å². The van der Waals surface area contributed by atoms with Crippen LogP contribution in [0.1, 0.15) is 78.2 Å². The first-order valence-corrected chi connectivity index (χ1v) is 17.0. The average Bonchev–Trinajstić information content (AvgIpc) is 3.40. The first kappa shape index (κ1) is 29.1. The summed E-state index contributed by atoms with van der Waals surface area (Å²) in [6.07, 6.45) is 8.83. The Kier molecular flexibility index (Phi) is 10.0. The lowest BCUT2D eigenvalue weighted by Crippen LogP contribution is -2.56. The van der Waals surface area contributed by atoms with E-state index in [2.05, 4.69) is 52.2 Å². The van der Waals surface area contributed by atoms with Gasteiger partial charge < -0.3 is 19.7 Å². The minimum atomic E-state index is -1.80. The second kappa shape index (κ2) is 12.4. The molecule has 1 amide bonds. The van der Waals surface area contributed by atoms with Crippen LogP contribution in [0.4, 0.5) is 0 Å². The maximum absolute atomic E-state index is 14.3. The van der Waals surface area contributed by atoms with E-state index in [0.29, 0.717) is 13.2 Å². The van der Waals surface area contributed by atoms with Crippen LogP contribution in [-0.2, 0) is 14.8 Å². The lowest BCUT2D eigenvalue weighted by Gasteiger charge is -2.42. The summed E-state index contributed by atoms with van der Waals surface area (Å²) in [7, 11) is -1.80. The molecule has 0 radical (unpaired) electrons. The third-order valence-electron chi connectivity index (χ3n) is 8.83.